The van der Waals surface area contributed by atoms with E-state index in [1.807, 2.05) is 44.2 Å². The Morgan fingerprint density at radius 2 is 1.89 bits per heavy atom. The maximum Gasteiger partial charge on any atom is 0.358 e. The molecule has 3 rings (SSSR count). The van der Waals surface area contributed by atoms with Crippen molar-refractivity contribution in [2.24, 2.45) is 0 Å². The molecule has 0 aliphatic rings. The van der Waals surface area contributed by atoms with Gasteiger partial charge in [-0.25, -0.2) is 14.5 Å². The van der Waals surface area contributed by atoms with Crippen LogP contribution in [-0.2, 0) is 9.53 Å². The molecule has 0 aliphatic carbocycles. The molecule has 7 nitrogen and oxygen atoms in total. The second kappa shape index (κ2) is 8.13. The maximum atomic E-state index is 12.3. The molecule has 1 atom stereocenters. The molecule has 27 heavy (non-hydrogen) atoms. The molecule has 0 saturated carbocycles. The van der Waals surface area contributed by atoms with Crippen molar-refractivity contribution < 1.29 is 14.3 Å². The van der Waals surface area contributed by atoms with Crippen molar-refractivity contribution >= 4 is 29.0 Å². The highest BCUT2D eigenvalue weighted by atomic mass is 32.1. The molecule has 0 unspecified atom stereocenters. The lowest BCUT2D eigenvalue weighted by molar-refractivity contribution is -0.123. The Balaban J connectivity index is 1.63. The summed E-state index contributed by atoms with van der Waals surface area (Å²) in [6.07, 6.45) is 0.641. The summed E-state index contributed by atoms with van der Waals surface area (Å²) in [6.45, 7) is 5.44. The van der Waals surface area contributed by atoms with Gasteiger partial charge in [-0.05, 0) is 20.8 Å². The summed E-state index contributed by atoms with van der Waals surface area (Å²) in [6, 6.07) is 11.4. The Bertz CT molecular complexity index is 933. The van der Waals surface area contributed by atoms with Crippen LogP contribution in [0.4, 0.5) is 5.82 Å². The van der Waals surface area contributed by atoms with Crippen molar-refractivity contribution in [1.29, 1.82) is 0 Å². The van der Waals surface area contributed by atoms with Crippen molar-refractivity contribution in [2.75, 3.05) is 5.32 Å². The average Bonchev–Trinajstić information content (AvgIpc) is 3.32. The number of nitrogens with one attached hydrogen (secondary N) is 1. The van der Waals surface area contributed by atoms with Gasteiger partial charge in [0.15, 0.2) is 11.8 Å². The summed E-state index contributed by atoms with van der Waals surface area (Å²) in [4.78, 5) is 28.9. The summed E-state index contributed by atoms with van der Waals surface area (Å²) >= 11 is 1.35. The minimum Gasteiger partial charge on any atom is -0.448 e. The van der Waals surface area contributed by atoms with Crippen LogP contribution < -0.4 is 5.32 Å². The van der Waals surface area contributed by atoms with E-state index in [2.05, 4.69) is 15.4 Å². The number of hydrogen-bond donors (Lipinski definition) is 1. The predicted octanol–water partition coefficient (Wildman–Crippen LogP) is 3.77. The number of benzene rings is 1. The van der Waals surface area contributed by atoms with Crippen LogP contribution in [0.25, 0.3) is 10.6 Å². The first-order valence-electron chi connectivity index (χ1n) is 8.52. The SMILES string of the molecule is CC(C)n1nccc1NC(=O)[C@@H](C)OC(=O)c1csc(-c2ccccc2)n1. The molecule has 0 saturated heterocycles. The van der Waals surface area contributed by atoms with Crippen molar-refractivity contribution in [2.45, 2.75) is 32.9 Å². The number of amides is 1. The molecule has 0 fully saturated rings. The van der Waals surface area contributed by atoms with Crippen LogP contribution in [0, 0.1) is 0 Å². The lowest BCUT2D eigenvalue weighted by Gasteiger charge is -2.15. The van der Waals surface area contributed by atoms with Crippen molar-refractivity contribution in [1.82, 2.24) is 14.8 Å². The molecule has 8 heteroatoms. The highest BCUT2D eigenvalue weighted by molar-refractivity contribution is 7.13. The third kappa shape index (κ3) is 4.40. The van der Waals surface area contributed by atoms with Crippen LogP contribution in [0.1, 0.15) is 37.3 Å². The number of hydrogen-bond acceptors (Lipinski definition) is 6. The fourth-order valence-corrected chi connectivity index (χ4v) is 3.20. The fourth-order valence-electron chi connectivity index (χ4n) is 2.41. The summed E-state index contributed by atoms with van der Waals surface area (Å²) < 4.78 is 6.94. The first-order chi connectivity index (χ1) is 13.0. The van der Waals surface area contributed by atoms with Gasteiger partial charge < -0.3 is 10.1 Å². The Morgan fingerprint density at radius 3 is 2.59 bits per heavy atom. The minimum atomic E-state index is -0.963. The largest absolute Gasteiger partial charge is 0.448 e. The molecule has 1 N–H and O–H groups in total. The molecular weight excluding hydrogens is 364 g/mol. The van der Waals surface area contributed by atoms with Crippen LogP contribution in [0.15, 0.2) is 48.0 Å². The Kier molecular flexibility index (Phi) is 5.66. The van der Waals surface area contributed by atoms with Crippen molar-refractivity contribution in [3.63, 3.8) is 0 Å². The van der Waals surface area contributed by atoms with E-state index in [1.165, 1.54) is 18.3 Å². The van der Waals surface area contributed by atoms with Crippen LogP contribution in [0.5, 0.6) is 0 Å². The summed E-state index contributed by atoms with van der Waals surface area (Å²) in [5.41, 5.74) is 1.11. The van der Waals surface area contributed by atoms with Gasteiger partial charge in [0.25, 0.3) is 5.91 Å². The molecule has 3 aromatic rings. The second-order valence-electron chi connectivity index (χ2n) is 6.20. The van der Waals surface area contributed by atoms with Gasteiger partial charge in [-0.3, -0.25) is 4.79 Å². The van der Waals surface area contributed by atoms with Gasteiger partial charge in [0, 0.05) is 23.1 Å². The lowest BCUT2D eigenvalue weighted by Crippen LogP contribution is -2.31. The number of thiazole rings is 1. The van der Waals surface area contributed by atoms with E-state index in [-0.39, 0.29) is 11.7 Å². The Morgan fingerprint density at radius 1 is 1.15 bits per heavy atom. The van der Waals surface area contributed by atoms with Gasteiger partial charge in [-0.2, -0.15) is 5.10 Å². The normalized spacial score (nSPS) is 12.0. The zero-order valence-corrected chi connectivity index (χ0v) is 16.1. The van der Waals surface area contributed by atoms with Gasteiger partial charge in [-0.15, -0.1) is 11.3 Å². The smallest absolute Gasteiger partial charge is 0.358 e. The number of ether oxygens (including phenoxy) is 1. The van der Waals surface area contributed by atoms with Gasteiger partial charge in [0.1, 0.15) is 10.8 Å². The minimum absolute atomic E-state index is 0.0968. The number of aromatic nitrogens is 3. The van der Waals surface area contributed by atoms with E-state index in [9.17, 15) is 9.59 Å². The third-order valence-corrected chi connectivity index (χ3v) is 4.69. The molecule has 1 amide bonds. The average molecular weight is 384 g/mol. The van der Waals surface area contributed by atoms with E-state index < -0.39 is 18.0 Å². The standard InChI is InChI=1S/C19H20N4O3S/c1-12(2)23-16(9-10-20-23)22-17(24)13(3)26-19(25)15-11-27-18(21-15)14-7-5-4-6-8-14/h4-13H,1-3H3,(H,22,24)/t13-/m1/s1. The zero-order chi connectivity index (χ0) is 19.4. The fraction of sp³-hybridized carbons (Fsp3) is 0.263. The van der Waals surface area contributed by atoms with E-state index in [1.54, 1.807) is 22.3 Å². The molecule has 1 aromatic carbocycles. The monoisotopic (exact) mass is 384 g/mol. The van der Waals surface area contributed by atoms with Gasteiger partial charge in [0.2, 0.25) is 0 Å². The summed E-state index contributed by atoms with van der Waals surface area (Å²) in [5.74, 6) is -0.504. The quantitative estimate of drug-likeness (QED) is 0.654. The van der Waals surface area contributed by atoms with Crippen LogP contribution >= 0.6 is 11.3 Å². The number of carbonyl (C=O) groups is 2. The first kappa shape index (κ1) is 18.8. The van der Waals surface area contributed by atoms with Crippen molar-refractivity contribution in [3.05, 3.63) is 53.7 Å². The predicted molar refractivity (Wildman–Crippen MR) is 104 cm³/mol. The number of nitrogens with zero attached hydrogens (tertiary/aromatic N) is 3. The van der Waals surface area contributed by atoms with Gasteiger partial charge in [0.05, 0.1) is 6.20 Å². The van der Waals surface area contributed by atoms with Crippen molar-refractivity contribution in [3.8, 4) is 10.6 Å². The number of esters is 1. The molecule has 2 aromatic heterocycles. The summed E-state index contributed by atoms with van der Waals surface area (Å²) in [7, 11) is 0. The molecule has 0 spiro atoms. The Hall–Kier alpha value is -3.00. The molecule has 0 aliphatic heterocycles. The van der Waals surface area contributed by atoms with Gasteiger partial charge >= 0.3 is 5.97 Å². The van der Waals surface area contributed by atoms with E-state index >= 15 is 0 Å². The summed E-state index contributed by atoms with van der Waals surface area (Å²) in [5, 5.41) is 9.23. The molecule has 2 heterocycles. The van der Waals surface area contributed by atoms with E-state index in [0.29, 0.717) is 5.82 Å². The highest BCUT2D eigenvalue weighted by Gasteiger charge is 2.22. The second-order valence-corrected chi connectivity index (χ2v) is 7.05. The maximum absolute atomic E-state index is 12.3. The number of carbonyl (C=O) groups excluding carboxylic acids is 2. The lowest BCUT2D eigenvalue weighted by atomic mass is 10.2. The molecule has 0 bridgehead atoms. The number of rotatable bonds is 6. The third-order valence-electron chi connectivity index (χ3n) is 3.80. The number of anilines is 1. The molecule has 0 radical (unpaired) electrons. The van der Waals surface area contributed by atoms with E-state index in [0.717, 1.165) is 10.6 Å². The van der Waals surface area contributed by atoms with E-state index in [4.69, 9.17) is 4.74 Å². The topological polar surface area (TPSA) is 86.1 Å². The molecular formula is C19H20N4O3S. The first-order valence-corrected chi connectivity index (χ1v) is 9.40. The highest BCUT2D eigenvalue weighted by Crippen LogP contribution is 2.23. The Labute approximate surface area is 161 Å². The molecule has 140 valence electrons. The van der Waals surface area contributed by atoms with Gasteiger partial charge in [-0.1, -0.05) is 30.3 Å². The van der Waals surface area contributed by atoms with Crippen LogP contribution in [0.3, 0.4) is 0 Å². The zero-order valence-electron chi connectivity index (χ0n) is 15.2. The van der Waals surface area contributed by atoms with Crippen LogP contribution in [0.2, 0.25) is 0 Å². The van der Waals surface area contributed by atoms with Crippen LogP contribution in [-0.4, -0.2) is 32.7 Å².